The van der Waals surface area contributed by atoms with Gasteiger partial charge in [-0.05, 0) is 56.2 Å². The van der Waals surface area contributed by atoms with E-state index in [2.05, 4.69) is 34.2 Å². The average molecular weight is 377 g/mol. The Morgan fingerprint density at radius 1 is 1.14 bits per heavy atom. The molecule has 3 aromatic rings. The molecule has 0 unspecified atom stereocenters. The van der Waals surface area contributed by atoms with Crippen LogP contribution in [0.5, 0.6) is 0 Å². The van der Waals surface area contributed by atoms with E-state index < -0.39 is 0 Å². The number of benzene rings is 1. The molecule has 1 aliphatic rings. The van der Waals surface area contributed by atoms with Crippen LogP contribution in [0.4, 0.5) is 0 Å². The molecule has 0 saturated carbocycles. The number of ketones is 1. The number of nitrogens with one attached hydrogen (secondary N) is 2. The maximum Gasteiger partial charge on any atom is 0.270 e. The zero-order chi connectivity index (χ0) is 19.8. The number of fused-ring (bicyclic) bond motifs is 1. The summed E-state index contributed by atoms with van der Waals surface area (Å²) in [5.41, 5.74) is 5.35. The number of aryl methyl sites for hydroxylation is 1. The van der Waals surface area contributed by atoms with Crippen LogP contribution in [0.2, 0.25) is 0 Å². The van der Waals surface area contributed by atoms with Crippen molar-refractivity contribution >= 4 is 22.6 Å². The van der Waals surface area contributed by atoms with Gasteiger partial charge in [-0.15, -0.1) is 0 Å². The van der Waals surface area contributed by atoms with Gasteiger partial charge in [0.15, 0.2) is 5.78 Å². The van der Waals surface area contributed by atoms with E-state index in [1.54, 1.807) is 6.92 Å². The van der Waals surface area contributed by atoms with Crippen molar-refractivity contribution < 1.29 is 9.59 Å². The maximum atomic E-state index is 13.1. The van der Waals surface area contributed by atoms with E-state index in [0.29, 0.717) is 23.6 Å². The van der Waals surface area contributed by atoms with E-state index in [-0.39, 0.29) is 11.7 Å². The van der Waals surface area contributed by atoms with Gasteiger partial charge in [-0.25, -0.2) is 0 Å². The van der Waals surface area contributed by atoms with Crippen LogP contribution in [0.25, 0.3) is 10.9 Å². The highest BCUT2D eigenvalue weighted by atomic mass is 16.2. The predicted octanol–water partition coefficient (Wildman–Crippen LogP) is 4.59. The number of likely N-dealkylation sites (tertiary alicyclic amines) is 1. The van der Waals surface area contributed by atoms with E-state index in [0.717, 1.165) is 37.2 Å². The summed E-state index contributed by atoms with van der Waals surface area (Å²) in [6, 6.07) is 10.6. The van der Waals surface area contributed by atoms with Crippen molar-refractivity contribution in [3.8, 4) is 0 Å². The summed E-state index contributed by atoms with van der Waals surface area (Å²) in [6.07, 6.45) is 2.56. The summed E-state index contributed by atoms with van der Waals surface area (Å²) >= 11 is 0. The molecular weight excluding hydrogens is 350 g/mol. The molecule has 5 heteroatoms. The summed E-state index contributed by atoms with van der Waals surface area (Å²) in [6.45, 7) is 6.89. The molecular formula is C23H27N3O2. The molecule has 0 radical (unpaired) electrons. The Balaban J connectivity index is 1.50. The van der Waals surface area contributed by atoms with Crippen LogP contribution in [-0.2, 0) is 6.42 Å². The number of piperidine rings is 1. The van der Waals surface area contributed by atoms with Gasteiger partial charge >= 0.3 is 0 Å². The molecule has 1 fully saturated rings. The molecule has 0 atom stereocenters. The molecule has 2 aromatic heterocycles. The van der Waals surface area contributed by atoms with Crippen molar-refractivity contribution in [3.05, 3.63) is 58.5 Å². The number of aromatic nitrogens is 2. The minimum Gasteiger partial charge on any atom is -0.358 e. The first-order valence-corrected chi connectivity index (χ1v) is 10.1. The molecule has 0 spiro atoms. The first-order chi connectivity index (χ1) is 13.5. The third-order valence-electron chi connectivity index (χ3n) is 5.98. The number of amides is 1. The number of Topliss-reactive ketones (excluding diaryl/α,β-unsaturated/α-hetero) is 1. The van der Waals surface area contributed by atoms with E-state index in [9.17, 15) is 9.59 Å². The monoisotopic (exact) mass is 377 g/mol. The highest BCUT2D eigenvalue weighted by Crippen LogP contribution is 2.31. The number of H-pyrrole nitrogens is 2. The lowest BCUT2D eigenvalue weighted by molar-refractivity contribution is 0.0705. The highest BCUT2D eigenvalue weighted by molar-refractivity contribution is 6.02. The van der Waals surface area contributed by atoms with Crippen LogP contribution in [0.3, 0.4) is 0 Å². The minimum atomic E-state index is 0.0159. The number of nitrogens with zero attached hydrogens (tertiary/aromatic N) is 1. The number of aromatic amines is 2. The Hall–Kier alpha value is -2.82. The Morgan fingerprint density at radius 2 is 1.86 bits per heavy atom. The number of hydrogen-bond acceptors (Lipinski definition) is 2. The second-order valence-electron chi connectivity index (χ2n) is 7.77. The number of rotatable bonds is 4. The zero-order valence-electron chi connectivity index (χ0n) is 16.8. The van der Waals surface area contributed by atoms with Crippen molar-refractivity contribution in [1.29, 1.82) is 0 Å². The Kier molecular flexibility index (Phi) is 4.84. The van der Waals surface area contributed by atoms with Gasteiger partial charge in [-0.3, -0.25) is 9.59 Å². The summed E-state index contributed by atoms with van der Waals surface area (Å²) in [5.74, 6) is 0.477. The Bertz CT molecular complexity index is 1000. The second-order valence-corrected chi connectivity index (χ2v) is 7.77. The first-order valence-electron chi connectivity index (χ1n) is 10.1. The minimum absolute atomic E-state index is 0.0159. The summed E-state index contributed by atoms with van der Waals surface area (Å²) in [7, 11) is 0. The van der Waals surface area contributed by atoms with Gasteiger partial charge in [0.25, 0.3) is 5.91 Å². The lowest BCUT2D eigenvalue weighted by Gasteiger charge is -2.31. The third-order valence-corrected chi connectivity index (χ3v) is 5.98. The maximum absolute atomic E-state index is 13.1. The molecule has 1 aliphatic heterocycles. The fourth-order valence-electron chi connectivity index (χ4n) is 4.56. The van der Waals surface area contributed by atoms with Gasteiger partial charge in [0.05, 0.1) is 0 Å². The van der Waals surface area contributed by atoms with E-state index in [1.165, 1.54) is 16.6 Å². The van der Waals surface area contributed by atoms with Crippen LogP contribution in [-0.4, -0.2) is 39.6 Å². The summed E-state index contributed by atoms with van der Waals surface area (Å²) in [4.78, 5) is 33.8. The third kappa shape index (κ3) is 3.15. The van der Waals surface area contributed by atoms with Crippen LogP contribution in [0, 0.1) is 6.92 Å². The number of para-hydroxylation sites is 1. The molecule has 28 heavy (non-hydrogen) atoms. The number of hydrogen-bond donors (Lipinski definition) is 2. The van der Waals surface area contributed by atoms with Crippen molar-refractivity contribution in [2.45, 2.75) is 46.0 Å². The van der Waals surface area contributed by atoms with Gasteiger partial charge in [-0.1, -0.05) is 25.1 Å². The summed E-state index contributed by atoms with van der Waals surface area (Å²) in [5, 5.41) is 1.24. The van der Waals surface area contributed by atoms with Crippen molar-refractivity contribution in [2.75, 3.05) is 13.1 Å². The van der Waals surface area contributed by atoms with Gasteiger partial charge in [0.1, 0.15) is 5.69 Å². The molecule has 3 heterocycles. The SMILES string of the molecule is CCc1c(C(=O)N2CCC(c3cc4ccccc4[nH]3)CC2)[nH]c(C)c1C(C)=O. The molecule has 1 aromatic carbocycles. The van der Waals surface area contributed by atoms with Crippen molar-refractivity contribution in [3.63, 3.8) is 0 Å². The molecule has 0 aliphatic carbocycles. The lowest BCUT2D eigenvalue weighted by Crippen LogP contribution is -2.38. The molecule has 2 N–H and O–H groups in total. The molecule has 146 valence electrons. The molecule has 1 amide bonds. The predicted molar refractivity (Wildman–Crippen MR) is 111 cm³/mol. The van der Waals surface area contributed by atoms with Crippen LogP contribution < -0.4 is 0 Å². The first kappa shape index (κ1) is 18.5. The van der Waals surface area contributed by atoms with Crippen LogP contribution in [0.15, 0.2) is 30.3 Å². The molecule has 5 nitrogen and oxygen atoms in total. The number of carbonyl (C=O) groups is 2. The van der Waals surface area contributed by atoms with E-state index >= 15 is 0 Å². The normalized spacial score (nSPS) is 15.3. The largest absolute Gasteiger partial charge is 0.358 e. The fraction of sp³-hybridized carbons (Fsp3) is 0.391. The quantitative estimate of drug-likeness (QED) is 0.653. The van der Waals surface area contributed by atoms with E-state index in [4.69, 9.17) is 0 Å². The lowest BCUT2D eigenvalue weighted by atomic mass is 9.93. The van der Waals surface area contributed by atoms with Gasteiger partial charge < -0.3 is 14.9 Å². The summed E-state index contributed by atoms with van der Waals surface area (Å²) < 4.78 is 0. The topological polar surface area (TPSA) is 69.0 Å². The smallest absolute Gasteiger partial charge is 0.270 e. The zero-order valence-corrected chi connectivity index (χ0v) is 16.8. The van der Waals surface area contributed by atoms with Gasteiger partial charge in [0, 0.05) is 41.5 Å². The standard InChI is InChI=1S/C23H27N3O2/c1-4-18-21(15(3)27)14(2)24-22(18)23(28)26-11-9-16(10-12-26)20-13-17-7-5-6-8-19(17)25-20/h5-8,13,16,24-25H,4,9-12H2,1-3H3. The molecule has 0 bridgehead atoms. The van der Waals surface area contributed by atoms with Crippen LogP contribution in [0.1, 0.15) is 70.4 Å². The van der Waals surface area contributed by atoms with Crippen molar-refractivity contribution in [2.24, 2.45) is 0 Å². The average Bonchev–Trinajstić information content (AvgIpc) is 3.28. The number of carbonyl (C=O) groups excluding carboxylic acids is 2. The highest BCUT2D eigenvalue weighted by Gasteiger charge is 2.29. The second kappa shape index (κ2) is 7.30. The Labute approximate surface area is 165 Å². The fourth-order valence-corrected chi connectivity index (χ4v) is 4.56. The molecule has 1 saturated heterocycles. The Morgan fingerprint density at radius 3 is 2.50 bits per heavy atom. The molecule has 4 rings (SSSR count). The van der Waals surface area contributed by atoms with Gasteiger partial charge in [0.2, 0.25) is 0 Å². The van der Waals surface area contributed by atoms with Crippen molar-refractivity contribution in [1.82, 2.24) is 14.9 Å². The van der Waals surface area contributed by atoms with E-state index in [1.807, 2.05) is 24.8 Å². The van der Waals surface area contributed by atoms with Gasteiger partial charge in [-0.2, -0.15) is 0 Å². The van der Waals surface area contributed by atoms with Crippen LogP contribution >= 0.6 is 0 Å².